The van der Waals surface area contributed by atoms with Gasteiger partial charge in [-0.25, -0.2) is 21.2 Å². The number of sulfonamides is 2. The summed E-state index contributed by atoms with van der Waals surface area (Å²) in [6.07, 6.45) is 0. The molecule has 35 heavy (non-hydrogen) atoms. The van der Waals surface area contributed by atoms with Crippen molar-refractivity contribution in [2.24, 2.45) is 0 Å². The smallest absolute Gasteiger partial charge is 0.264 e. The van der Waals surface area contributed by atoms with Crippen LogP contribution in [0.3, 0.4) is 0 Å². The molecule has 0 bridgehead atoms. The minimum Gasteiger partial charge on any atom is -0.325 e. The predicted molar refractivity (Wildman–Crippen MR) is 133 cm³/mol. The Morgan fingerprint density at radius 2 is 1.31 bits per heavy atom. The second kappa shape index (κ2) is 11.0. The first-order valence-corrected chi connectivity index (χ1v) is 13.7. The zero-order chi connectivity index (χ0) is 25.6. The van der Waals surface area contributed by atoms with Crippen LogP contribution < -0.4 is 9.62 Å². The standard InChI is InChI=1S/C24H26FN3O5S2/c1-3-27(4-2)34(30,31)23-16-12-20(13-17-23)26-24(29)18-28(21-14-10-19(25)11-15-21)35(32,33)22-8-6-5-7-9-22/h5-17H,3-4,18H2,1-2H3,(H,26,29). The second-order valence-electron chi connectivity index (χ2n) is 7.46. The van der Waals surface area contributed by atoms with Gasteiger partial charge in [-0.1, -0.05) is 32.0 Å². The van der Waals surface area contributed by atoms with Crippen LogP contribution in [0.15, 0.2) is 88.7 Å². The molecule has 1 N–H and O–H groups in total. The highest BCUT2D eigenvalue weighted by Crippen LogP contribution is 2.24. The van der Waals surface area contributed by atoms with Crippen LogP contribution in [0.1, 0.15) is 13.8 Å². The summed E-state index contributed by atoms with van der Waals surface area (Å²) >= 11 is 0. The maximum Gasteiger partial charge on any atom is 0.264 e. The van der Waals surface area contributed by atoms with E-state index >= 15 is 0 Å². The van der Waals surface area contributed by atoms with Gasteiger partial charge in [0.05, 0.1) is 15.5 Å². The molecule has 11 heteroatoms. The number of halogens is 1. The number of carbonyl (C=O) groups excluding carboxylic acids is 1. The number of carbonyl (C=O) groups is 1. The van der Waals surface area contributed by atoms with Crippen LogP contribution in [0.25, 0.3) is 0 Å². The Bertz CT molecular complexity index is 1360. The molecule has 3 aromatic carbocycles. The van der Waals surface area contributed by atoms with Gasteiger partial charge < -0.3 is 5.32 Å². The molecule has 186 valence electrons. The number of benzene rings is 3. The zero-order valence-electron chi connectivity index (χ0n) is 19.3. The van der Waals surface area contributed by atoms with Crippen LogP contribution in [0, 0.1) is 5.82 Å². The first-order chi connectivity index (χ1) is 16.6. The maximum absolute atomic E-state index is 13.4. The Labute approximate surface area is 205 Å². The molecule has 0 aromatic heterocycles. The van der Waals surface area contributed by atoms with Crippen LogP contribution in [-0.4, -0.2) is 46.7 Å². The average Bonchev–Trinajstić information content (AvgIpc) is 2.84. The predicted octanol–water partition coefficient (Wildman–Crippen LogP) is 3.69. The van der Waals surface area contributed by atoms with E-state index in [9.17, 15) is 26.0 Å². The van der Waals surface area contributed by atoms with Gasteiger partial charge >= 0.3 is 0 Å². The molecule has 0 saturated heterocycles. The van der Waals surface area contributed by atoms with Gasteiger partial charge in [0.15, 0.2) is 0 Å². The van der Waals surface area contributed by atoms with Gasteiger partial charge in [0, 0.05) is 18.8 Å². The molecule has 0 radical (unpaired) electrons. The van der Waals surface area contributed by atoms with E-state index in [0.29, 0.717) is 18.8 Å². The highest BCUT2D eigenvalue weighted by atomic mass is 32.2. The van der Waals surface area contributed by atoms with Gasteiger partial charge in [-0.05, 0) is 60.7 Å². The fourth-order valence-electron chi connectivity index (χ4n) is 3.40. The summed E-state index contributed by atoms with van der Waals surface area (Å²) in [6, 6.07) is 18.0. The molecule has 3 aromatic rings. The third-order valence-electron chi connectivity index (χ3n) is 5.21. The van der Waals surface area contributed by atoms with Gasteiger partial charge in [0.25, 0.3) is 10.0 Å². The van der Waals surface area contributed by atoms with Gasteiger partial charge in [-0.15, -0.1) is 0 Å². The molecule has 0 heterocycles. The van der Waals surface area contributed by atoms with Crippen molar-refractivity contribution in [2.45, 2.75) is 23.6 Å². The lowest BCUT2D eigenvalue weighted by molar-refractivity contribution is -0.114. The molecular weight excluding hydrogens is 493 g/mol. The number of amides is 1. The number of nitrogens with zero attached hydrogens (tertiary/aromatic N) is 2. The molecule has 0 atom stereocenters. The topological polar surface area (TPSA) is 104 Å². The molecule has 0 fully saturated rings. The highest BCUT2D eigenvalue weighted by molar-refractivity contribution is 7.92. The number of hydrogen-bond acceptors (Lipinski definition) is 5. The van der Waals surface area contributed by atoms with E-state index < -0.39 is 38.3 Å². The van der Waals surface area contributed by atoms with Gasteiger partial charge in [-0.3, -0.25) is 9.10 Å². The van der Waals surface area contributed by atoms with E-state index in [-0.39, 0.29) is 15.5 Å². The number of rotatable bonds is 10. The molecule has 3 rings (SSSR count). The fraction of sp³-hybridized carbons (Fsp3) is 0.208. The van der Waals surface area contributed by atoms with E-state index in [1.807, 2.05) is 0 Å². The zero-order valence-corrected chi connectivity index (χ0v) is 20.9. The maximum atomic E-state index is 13.4. The minimum absolute atomic E-state index is 0.0249. The molecule has 0 spiro atoms. The van der Waals surface area contributed by atoms with Crippen molar-refractivity contribution < 1.29 is 26.0 Å². The molecule has 0 aliphatic rings. The molecule has 0 unspecified atom stereocenters. The Morgan fingerprint density at radius 3 is 1.86 bits per heavy atom. The summed E-state index contributed by atoms with van der Waals surface area (Å²) in [7, 11) is -7.78. The molecule has 0 aliphatic heterocycles. The summed E-state index contributed by atoms with van der Waals surface area (Å²) in [6.45, 7) is 3.55. The third kappa shape index (κ3) is 6.05. The minimum atomic E-state index is -4.13. The lowest BCUT2D eigenvalue weighted by atomic mass is 10.3. The Balaban J connectivity index is 1.84. The SMILES string of the molecule is CCN(CC)S(=O)(=O)c1ccc(NC(=O)CN(c2ccc(F)cc2)S(=O)(=O)c2ccccc2)cc1. The molecule has 0 aliphatic carbocycles. The van der Waals surface area contributed by atoms with Gasteiger partial charge in [0.1, 0.15) is 12.4 Å². The largest absolute Gasteiger partial charge is 0.325 e. The number of anilines is 2. The number of hydrogen-bond donors (Lipinski definition) is 1. The second-order valence-corrected chi connectivity index (χ2v) is 11.3. The first kappa shape index (κ1) is 26.3. The van der Waals surface area contributed by atoms with Crippen molar-refractivity contribution in [1.29, 1.82) is 0 Å². The van der Waals surface area contributed by atoms with Crippen LogP contribution in [0.4, 0.5) is 15.8 Å². The van der Waals surface area contributed by atoms with E-state index in [1.165, 1.54) is 52.8 Å². The summed E-state index contributed by atoms with van der Waals surface area (Å²) in [5.74, 6) is -1.21. The van der Waals surface area contributed by atoms with Crippen molar-refractivity contribution in [2.75, 3.05) is 29.3 Å². The van der Waals surface area contributed by atoms with Crippen LogP contribution in [0.2, 0.25) is 0 Å². The van der Waals surface area contributed by atoms with Crippen LogP contribution >= 0.6 is 0 Å². The lowest BCUT2D eigenvalue weighted by Crippen LogP contribution is -2.38. The van der Waals surface area contributed by atoms with Crippen molar-refractivity contribution in [3.05, 3.63) is 84.7 Å². The van der Waals surface area contributed by atoms with Crippen LogP contribution in [0.5, 0.6) is 0 Å². The van der Waals surface area contributed by atoms with E-state index in [2.05, 4.69) is 5.32 Å². The highest BCUT2D eigenvalue weighted by Gasteiger charge is 2.27. The van der Waals surface area contributed by atoms with E-state index in [4.69, 9.17) is 0 Å². The van der Waals surface area contributed by atoms with Crippen molar-refractivity contribution >= 4 is 37.3 Å². The van der Waals surface area contributed by atoms with Crippen molar-refractivity contribution in [3.63, 3.8) is 0 Å². The van der Waals surface area contributed by atoms with Gasteiger partial charge in [0.2, 0.25) is 15.9 Å². The number of nitrogens with one attached hydrogen (secondary N) is 1. The summed E-state index contributed by atoms with van der Waals surface area (Å²) < 4.78 is 67.4. The molecule has 0 saturated carbocycles. The van der Waals surface area contributed by atoms with Gasteiger partial charge in [-0.2, -0.15) is 4.31 Å². The molecular formula is C24H26FN3O5S2. The lowest BCUT2D eigenvalue weighted by Gasteiger charge is -2.24. The quantitative estimate of drug-likeness (QED) is 0.440. The average molecular weight is 520 g/mol. The van der Waals surface area contributed by atoms with Crippen molar-refractivity contribution in [1.82, 2.24) is 4.31 Å². The fourth-order valence-corrected chi connectivity index (χ4v) is 6.30. The van der Waals surface area contributed by atoms with E-state index in [1.54, 1.807) is 32.0 Å². The molecule has 1 amide bonds. The molecule has 8 nitrogen and oxygen atoms in total. The van der Waals surface area contributed by atoms with Crippen molar-refractivity contribution in [3.8, 4) is 0 Å². The third-order valence-corrected chi connectivity index (χ3v) is 9.07. The Kier molecular flexibility index (Phi) is 8.26. The Morgan fingerprint density at radius 1 is 0.771 bits per heavy atom. The van der Waals surface area contributed by atoms with Crippen LogP contribution in [-0.2, 0) is 24.8 Å². The summed E-state index contributed by atoms with van der Waals surface area (Å²) in [4.78, 5) is 12.9. The summed E-state index contributed by atoms with van der Waals surface area (Å²) in [5.41, 5.74) is 0.413. The monoisotopic (exact) mass is 519 g/mol. The summed E-state index contributed by atoms with van der Waals surface area (Å²) in [5, 5.41) is 2.59. The first-order valence-electron chi connectivity index (χ1n) is 10.8. The normalized spacial score (nSPS) is 11.9. The van der Waals surface area contributed by atoms with E-state index in [0.717, 1.165) is 16.4 Å². The Hall–Kier alpha value is -3.28.